The Hall–Kier alpha value is -4.12. The van der Waals surface area contributed by atoms with Gasteiger partial charge in [-0.3, -0.25) is 9.59 Å². The molecule has 236 valence electrons. The van der Waals surface area contributed by atoms with Gasteiger partial charge < -0.3 is 40.8 Å². The highest BCUT2D eigenvalue weighted by atomic mass is 16.5. The van der Waals surface area contributed by atoms with E-state index in [9.17, 15) is 9.59 Å². The lowest BCUT2D eigenvalue weighted by atomic mass is 9.74. The first kappa shape index (κ1) is 32.8. The van der Waals surface area contributed by atoms with Crippen molar-refractivity contribution in [3.8, 4) is 11.5 Å². The van der Waals surface area contributed by atoms with Gasteiger partial charge in [0.1, 0.15) is 17.0 Å². The van der Waals surface area contributed by atoms with E-state index in [0.717, 1.165) is 41.2 Å². The molecular formula is C34H45N5O5. The molecule has 10 nitrogen and oxygen atoms in total. The summed E-state index contributed by atoms with van der Waals surface area (Å²) in [5.74, 6) is 1.29. The molecule has 1 spiro atoms. The Labute approximate surface area is 260 Å². The first-order valence-corrected chi connectivity index (χ1v) is 15.0. The lowest BCUT2D eigenvalue weighted by Crippen LogP contribution is -2.48. The van der Waals surface area contributed by atoms with E-state index >= 15 is 0 Å². The quantitative estimate of drug-likeness (QED) is 0.187. The average Bonchev–Trinajstić information content (AvgIpc) is 3.24. The van der Waals surface area contributed by atoms with Crippen LogP contribution in [-0.2, 0) is 19.8 Å². The fourth-order valence-corrected chi connectivity index (χ4v) is 5.94. The van der Waals surface area contributed by atoms with Gasteiger partial charge in [-0.15, -0.1) is 0 Å². The van der Waals surface area contributed by atoms with Crippen LogP contribution in [0.3, 0.4) is 0 Å². The number of nitrogens with zero attached hydrogens (tertiary/aromatic N) is 1. The normalized spacial score (nSPS) is 13.8. The Balaban J connectivity index is 0.00000442. The smallest absolute Gasteiger partial charge is 0.255 e. The van der Waals surface area contributed by atoms with Crippen LogP contribution in [-0.4, -0.2) is 75.9 Å². The summed E-state index contributed by atoms with van der Waals surface area (Å²) in [5, 5.41) is 9.52. The van der Waals surface area contributed by atoms with Crippen LogP contribution in [0.2, 0.25) is 0 Å². The molecule has 2 heterocycles. The van der Waals surface area contributed by atoms with E-state index in [1.807, 2.05) is 53.4 Å². The fourth-order valence-electron chi connectivity index (χ4n) is 5.94. The summed E-state index contributed by atoms with van der Waals surface area (Å²) < 4.78 is 18.1. The minimum atomic E-state index is -0.881. The molecule has 5 rings (SSSR count). The zero-order valence-corrected chi connectivity index (χ0v) is 24.9. The van der Waals surface area contributed by atoms with E-state index in [1.165, 1.54) is 0 Å². The molecule has 44 heavy (non-hydrogen) atoms. The Bertz CT molecular complexity index is 1390. The second kappa shape index (κ2) is 15.1. The molecular weight excluding hydrogens is 558 g/mol. The monoisotopic (exact) mass is 603 g/mol. The molecule has 2 aliphatic rings. The number of ether oxygens (including phenoxy) is 3. The van der Waals surface area contributed by atoms with Crippen LogP contribution in [0, 0.1) is 0 Å². The maximum atomic E-state index is 14.1. The molecule has 3 aromatic rings. The molecule has 3 aromatic carbocycles. The molecule has 0 unspecified atom stereocenters. The second-order valence-corrected chi connectivity index (χ2v) is 10.4. The number of fused-ring (bicyclic) bond motifs is 6. The zero-order valence-electron chi connectivity index (χ0n) is 24.9. The molecule has 0 aromatic heterocycles. The number of nitrogens with two attached hydrogens (primary N) is 1. The summed E-state index contributed by atoms with van der Waals surface area (Å²) in [6, 6.07) is 20.1. The summed E-state index contributed by atoms with van der Waals surface area (Å²) in [6.07, 6.45) is 0.304. The third kappa shape index (κ3) is 6.38. The maximum absolute atomic E-state index is 14.1. The lowest BCUT2D eigenvalue weighted by Gasteiger charge is -2.44. The minimum absolute atomic E-state index is 0. The number of hydrogen-bond acceptors (Lipinski definition) is 8. The number of amides is 2. The third-order valence-corrected chi connectivity index (χ3v) is 7.69. The molecule has 0 fully saturated rings. The summed E-state index contributed by atoms with van der Waals surface area (Å²) in [4.78, 5) is 27.5. The molecule has 2 amide bonds. The standard InChI is InChI=1S/C33H41N5O5.CH4/c1-3-35-23-9-11-27-29(21-23)43-30-22-24(36-4-2)10-12-28(30)33(27)26-8-6-5-7-25(26)32(40)38(33)16-18-42-20-19-41-17-15-37-31(39)13-14-34;/h5-12,21-22,35-36H,3-4,13-20,34H2,1-2H3,(H,37,39);1H4. The summed E-state index contributed by atoms with van der Waals surface area (Å²) in [5.41, 5.74) is 9.84. The predicted molar refractivity (Wildman–Crippen MR) is 174 cm³/mol. The first-order valence-electron chi connectivity index (χ1n) is 15.0. The van der Waals surface area contributed by atoms with Crippen molar-refractivity contribution in [2.24, 2.45) is 5.73 Å². The van der Waals surface area contributed by atoms with Crippen molar-refractivity contribution in [2.75, 3.05) is 69.8 Å². The van der Waals surface area contributed by atoms with Gasteiger partial charge in [-0.25, -0.2) is 0 Å². The SMILES string of the molecule is C.CCNc1ccc2c(c1)Oc1cc(NCC)ccc1C21c2ccccc2C(=O)N1CCOCCOCCNC(=O)CCN. The number of carbonyl (C=O) groups excluding carboxylic acids is 2. The molecule has 0 saturated carbocycles. The molecule has 10 heteroatoms. The Morgan fingerprint density at radius 1 is 0.864 bits per heavy atom. The van der Waals surface area contributed by atoms with Crippen LogP contribution in [0.25, 0.3) is 0 Å². The van der Waals surface area contributed by atoms with Gasteiger partial charge in [-0.1, -0.05) is 37.8 Å². The van der Waals surface area contributed by atoms with Crippen molar-refractivity contribution in [3.05, 3.63) is 82.9 Å². The predicted octanol–water partition coefficient (Wildman–Crippen LogP) is 4.54. The zero-order chi connectivity index (χ0) is 30.2. The summed E-state index contributed by atoms with van der Waals surface area (Å²) in [7, 11) is 0. The van der Waals surface area contributed by atoms with Gasteiger partial charge in [0, 0.05) is 79.3 Å². The largest absolute Gasteiger partial charge is 0.456 e. The molecule has 5 N–H and O–H groups in total. The van der Waals surface area contributed by atoms with E-state index in [-0.39, 0.29) is 19.2 Å². The molecule has 0 atom stereocenters. The van der Waals surface area contributed by atoms with E-state index < -0.39 is 5.54 Å². The van der Waals surface area contributed by atoms with Crippen LogP contribution < -0.4 is 26.4 Å². The number of benzene rings is 3. The number of hydrogen-bond donors (Lipinski definition) is 4. The first-order chi connectivity index (χ1) is 21.0. The van der Waals surface area contributed by atoms with Crippen molar-refractivity contribution < 1.29 is 23.8 Å². The van der Waals surface area contributed by atoms with Crippen molar-refractivity contribution in [2.45, 2.75) is 33.2 Å². The van der Waals surface area contributed by atoms with Crippen molar-refractivity contribution in [1.29, 1.82) is 0 Å². The molecule has 0 saturated heterocycles. The molecule has 0 aliphatic carbocycles. The molecule has 0 radical (unpaired) electrons. The maximum Gasteiger partial charge on any atom is 0.255 e. The number of anilines is 2. The number of nitrogens with one attached hydrogen (secondary N) is 3. The van der Waals surface area contributed by atoms with E-state index in [2.05, 4.69) is 41.9 Å². The Kier molecular flexibility index (Phi) is 11.2. The highest BCUT2D eigenvalue weighted by Gasteiger charge is 2.56. The van der Waals surface area contributed by atoms with Crippen LogP contribution in [0.4, 0.5) is 11.4 Å². The van der Waals surface area contributed by atoms with Gasteiger partial charge in [-0.05, 0) is 37.6 Å². The van der Waals surface area contributed by atoms with Gasteiger partial charge >= 0.3 is 0 Å². The van der Waals surface area contributed by atoms with Crippen LogP contribution in [0.5, 0.6) is 11.5 Å². The van der Waals surface area contributed by atoms with Gasteiger partial charge in [0.05, 0.1) is 26.4 Å². The molecule has 0 bridgehead atoms. The van der Waals surface area contributed by atoms with Crippen molar-refractivity contribution >= 4 is 23.2 Å². The third-order valence-electron chi connectivity index (χ3n) is 7.69. The second-order valence-electron chi connectivity index (χ2n) is 10.4. The Morgan fingerprint density at radius 3 is 2.09 bits per heavy atom. The summed E-state index contributed by atoms with van der Waals surface area (Å²) in [6.45, 7) is 8.25. The highest BCUT2D eigenvalue weighted by Crippen LogP contribution is 2.57. The van der Waals surface area contributed by atoms with Gasteiger partial charge in [0.2, 0.25) is 5.91 Å². The van der Waals surface area contributed by atoms with Crippen LogP contribution in [0.15, 0.2) is 60.7 Å². The lowest BCUT2D eigenvalue weighted by molar-refractivity contribution is -0.121. The van der Waals surface area contributed by atoms with Gasteiger partial charge in [-0.2, -0.15) is 0 Å². The minimum Gasteiger partial charge on any atom is -0.456 e. The van der Waals surface area contributed by atoms with Crippen molar-refractivity contribution in [1.82, 2.24) is 10.2 Å². The van der Waals surface area contributed by atoms with Crippen molar-refractivity contribution in [3.63, 3.8) is 0 Å². The topological polar surface area (TPSA) is 127 Å². The van der Waals surface area contributed by atoms with E-state index in [0.29, 0.717) is 69.5 Å². The number of rotatable bonds is 15. The highest BCUT2D eigenvalue weighted by molar-refractivity contribution is 6.02. The van der Waals surface area contributed by atoms with E-state index in [4.69, 9.17) is 19.9 Å². The van der Waals surface area contributed by atoms with Crippen LogP contribution in [0.1, 0.15) is 54.7 Å². The fraction of sp³-hybridized carbons (Fsp3) is 0.412. The average molecular weight is 604 g/mol. The van der Waals surface area contributed by atoms with Gasteiger partial charge in [0.15, 0.2) is 0 Å². The number of carbonyl (C=O) groups is 2. The summed E-state index contributed by atoms with van der Waals surface area (Å²) >= 11 is 0. The molecule has 2 aliphatic heterocycles. The van der Waals surface area contributed by atoms with Crippen LogP contribution >= 0.6 is 0 Å². The Morgan fingerprint density at radius 2 is 1.48 bits per heavy atom. The van der Waals surface area contributed by atoms with Gasteiger partial charge in [0.25, 0.3) is 5.91 Å². The van der Waals surface area contributed by atoms with E-state index in [1.54, 1.807) is 0 Å².